The van der Waals surface area contributed by atoms with Gasteiger partial charge in [0.2, 0.25) is 10.0 Å². The lowest BCUT2D eigenvalue weighted by atomic mass is 10.2. The monoisotopic (exact) mass is 283 g/mol. The lowest BCUT2D eigenvalue weighted by Crippen LogP contribution is -2.28. The van der Waals surface area contributed by atoms with Crippen LogP contribution in [-0.2, 0) is 16.6 Å². The van der Waals surface area contributed by atoms with Gasteiger partial charge in [-0.05, 0) is 30.7 Å². The van der Waals surface area contributed by atoms with Crippen LogP contribution >= 0.6 is 0 Å². The maximum Gasteiger partial charge on any atom is 0.242 e. The Bertz CT molecular complexity index is 572. The Labute approximate surface area is 114 Å². The van der Waals surface area contributed by atoms with Gasteiger partial charge < -0.3 is 10.3 Å². The number of rotatable bonds is 6. The largest absolute Gasteiger partial charge is 0.363 e. The molecule has 0 aromatic carbocycles. The molecule has 2 aliphatic carbocycles. The molecule has 0 bridgehead atoms. The van der Waals surface area contributed by atoms with Crippen LogP contribution in [0.5, 0.6) is 0 Å². The fraction of sp³-hybridized carbons (Fsp3) is 0.692. The van der Waals surface area contributed by atoms with Crippen LogP contribution in [-0.4, -0.2) is 25.5 Å². The first-order chi connectivity index (χ1) is 8.87. The van der Waals surface area contributed by atoms with Crippen molar-refractivity contribution in [3.05, 3.63) is 18.0 Å². The Morgan fingerprint density at radius 2 is 2.11 bits per heavy atom. The molecular weight excluding hydrogens is 262 g/mol. The third-order valence-electron chi connectivity index (χ3n) is 4.00. The number of sulfonamides is 1. The molecule has 1 aromatic heterocycles. The molecule has 1 heterocycles. The highest BCUT2D eigenvalue weighted by Gasteiger charge is 2.47. The van der Waals surface area contributed by atoms with E-state index in [1.165, 1.54) is 12.8 Å². The Morgan fingerprint density at radius 1 is 1.42 bits per heavy atom. The summed E-state index contributed by atoms with van der Waals surface area (Å²) in [5, 5.41) is 3.36. The molecule has 106 valence electrons. The van der Waals surface area contributed by atoms with E-state index in [-0.39, 0.29) is 11.5 Å². The summed E-state index contributed by atoms with van der Waals surface area (Å²) in [6, 6.07) is 2.40. The summed E-state index contributed by atoms with van der Waals surface area (Å²) < 4.78 is 27.1. The number of aromatic nitrogens is 1. The van der Waals surface area contributed by atoms with Gasteiger partial charge in [-0.25, -0.2) is 13.1 Å². The summed E-state index contributed by atoms with van der Waals surface area (Å²) in [7, 11) is -3.38. The maximum atomic E-state index is 12.2. The fourth-order valence-electron chi connectivity index (χ4n) is 2.14. The summed E-state index contributed by atoms with van der Waals surface area (Å²) in [6.07, 6.45) is 4.93. The Kier molecular flexibility index (Phi) is 2.99. The molecule has 0 amide bonds. The average Bonchev–Trinajstić information content (AvgIpc) is 3.16. The molecule has 3 rings (SSSR count). The van der Waals surface area contributed by atoms with Gasteiger partial charge in [0, 0.05) is 30.5 Å². The molecule has 2 fully saturated rings. The molecule has 2 saturated carbocycles. The van der Waals surface area contributed by atoms with Crippen LogP contribution in [0.3, 0.4) is 0 Å². The minimum absolute atomic E-state index is 0.0699. The molecule has 0 saturated heterocycles. The topological polar surface area (TPSA) is 74.0 Å². The summed E-state index contributed by atoms with van der Waals surface area (Å²) in [5.41, 5.74) is 1.02. The summed E-state index contributed by atoms with van der Waals surface area (Å²) in [6.45, 7) is 4.85. The highest BCUT2D eigenvalue weighted by atomic mass is 32.2. The molecule has 0 aliphatic heterocycles. The molecule has 1 unspecified atom stereocenters. The zero-order chi connectivity index (χ0) is 13.7. The summed E-state index contributed by atoms with van der Waals surface area (Å²) >= 11 is 0. The van der Waals surface area contributed by atoms with Crippen LogP contribution in [0.4, 0.5) is 0 Å². The predicted octanol–water partition coefficient (Wildman–Crippen LogP) is 1.34. The lowest BCUT2D eigenvalue weighted by Gasteiger charge is -2.06. The van der Waals surface area contributed by atoms with E-state index in [0.717, 1.165) is 12.1 Å². The second-order valence-electron chi connectivity index (χ2n) is 6.38. The van der Waals surface area contributed by atoms with Gasteiger partial charge in [-0.1, -0.05) is 13.8 Å². The zero-order valence-electron chi connectivity index (χ0n) is 11.4. The first kappa shape index (κ1) is 13.1. The molecule has 1 atom stereocenters. The Balaban J connectivity index is 1.63. The van der Waals surface area contributed by atoms with E-state index < -0.39 is 10.0 Å². The molecule has 3 N–H and O–H groups in total. The number of hydrogen-bond donors (Lipinski definition) is 3. The van der Waals surface area contributed by atoms with E-state index in [4.69, 9.17) is 0 Å². The second-order valence-corrected chi connectivity index (χ2v) is 8.10. The van der Waals surface area contributed by atoms with Gasteiger partial charge in [0.25, 0.3) is 0 Å². The standard InChI is InChI=1S/C13H21N3O2S/c1-13(2)6-12(13)16-19(17,18)11-5-10(15-8-11)7-14-9-3-4-9/h5,8-9,12,14-16H,3-4,6-7H2,1-2H3. The van der Waals surface area contributed by atoms with Gasteiger partial charge in [-0.3, -0.25) is 0 Å². The van der Waals surface area contributed by atoms with Gasteiger partial charge >= 0.3 is 0 Å². The van der Waals surface area contributed by atoms with Crippen molar-refractivity contribution >= 4 is 10.0 Å². The molecule has 1 aromatic rings. The highest BCUT2D eigenvalue weighted by molar-refractivity contribution is 7.89. The average molecular weight is 283 g/mol. The van der Waals surface area contributed by atoms with Gasteiger partial charge in [0.1, 0.15) is 0 Å². The van der Waals surface area contributed by atoms with Crippen LogP contribution in [0, 0.1) is 5.41 Å². The van der Waals surface area contributed by atoms with E-state index in [9.17, 15) is 8.42 Å². The van der Waals surface area contributed by atoms with E-state index in [1.807, 2.05) is 0 Å². The van der Waals surface area contributed by atoms with Crippen molar-refractivity contribution < 1.29 is 8.42 Å². The first-order valence-corrected chi connectivity index (χ1v) is 8.28. The van der Waals surface area contributed by atoms with Crippen LogP contribution in [0.1, 0.15) is 38.8 Å². The Morgan fingerprint density at radius 3 is 2.68 bits per heavy atom. The number of nitrogens with one attached hydrogen (secondary N) is 3. The van der Waals surface area contributed by atoms with Crippen molar-refractivity contribution in [1.29, 1.82) is 0 Å². The zero-order valence-corrected chi connectivity index (χ0v) is 12.2. The maximum absolute atomic E-state index is 12.2. The van der Waals surface area contributed by atoms with E-state index >= 15 is 0 Å². The second kappa shape index (κ2) is 4.33. The van der Waals surface area contributed by atoms with Crippen LogP contribution in [0.2, 0.25) is 0 Å². The minimum Gasteiger partial charge on any atom is -0.363 e. The number of hydrogen-bond acceptors (Lipinski definition) is 3. The van der Waals surface area contributed by atoms with Gasteiger partial charge in [0.15, 0.2) is 0 Å². The van der Waals surface area contributed by atoms with Crippen molar-refractivity contribution in [2.75, 3.05) is 0 Å². The van der Waals surface area contributed by atoms with Crippen molar-refractivity contribution in [2.45, 2.75) is 56.6 Å². The van der Waals surface area contributed by atoms with Crippen molar-refractivity contribution in [3.8, 4) is 0 Å². The third-order valence-corrected chi connectivity index (χ3v) is 5.45. The normalized spacial score (nSPS) is 25.5. The predicted molar refractivity (Wildman–Crippen MR) is 73.2 cm³/mol. The molecule has 0 radical (unpaired) electrons. The lowest BCUT2D eigenvalue weighted by molar-refractivity contribution is 0.555. The summed E-state index contributed by atoms with van der Waals surface area (Å²) in [4.78, 5) is 3.36. The van der Waals surface area contributed by atoms with Crippen molar-refractivity contribution in [2.24, 2.45) is 5.41 Å². The molecule has 6 heteroatoms. The van der Waals surface area contributed by atoms with Crippen molar-refractivity contribution in [1.82, 2.24) is 15.0 Å². The summed E-state index contributed by atoms with van der Waals surface area (Å²) in [5.74, 6) is 0. The number of aromatic amines is 1. The van der Waals surface area contributed by atoms with Gasteiger partial charge in [-0.15, -0.1) is 0 Å². The SMILES string of the molecule is CC1(C)CC1NS(=O)(=O)c1c[nH]c(CNC2CC2)c1. The smallest absolute Gasteiger partial charge is 0.242 e. The first-order valence-electron chi connectivity index (χ1n) is 6.80. The van der Waals surface area contributed by atoms with Crippen LogP contribution in [0.15, 0.2) is 17.2 Å². The molecule has 2 aliphatic rings. The number of H-pyrrole nitrogens is 1. The van der Waals surface area contributed by atoms with E-state index in [0.29, 0.717) is 17.5 Å². The Hall–Kier alpha value is -0.850. The molecule has 5 nitrogen and oxygen atoms in total. The van der Waals surface area contributed by atoms with Crippen molar-refractivity contribution in [3.63, 3.8) is 0 Å². The fourth-order valence-corrected chi connectivity index (χ4v) is 3.57. The molecular formula is C13H21N3O2S. The minimum atomic E-state index is -3.38. The molecule has 19 heavy (non-hydrogen) atoms. The van der Waals surface area contributed by atoms with Gasteiger partial charge in [0.05, 0.1) is 4.90 Å². The van der Waals surface area contributed by atoms with E-state index in [2.05, 4.69) is 28.9 Å². The third kappa shape index (κ3) is 3.01. The van der Waals surface area contributed by atoms with E-state index in [1.54, 1.807) is 12.3 Å². The van der Waals surface area contributed by atoms with Crippen LogP contribution < -0.4 is 10.0 Å². The highest BCUT2D eigenvalue weighted by Crippen LogP contribution is 2.45. The molecule has 0 spiro atoms. The van der Waals surface area contributed by atoms with Crippen LogP contribution in [0.25, 0.3) is 0 Å². The van der Waals surface area contributed by atoms with Gasteiger partial charge in [-0.2, -0.15) is 0 Å². The quantitative estimate of drug-likeness (QED) is 0.737.